The van der Waals surface area contributed by atoms with Crippen LogP contribution in [0.5, 0.6) is 0 Å². The molecule has 0 radical (unpaired) electrons. The van der Waals surface area contributed by atoms with Crippen molar-refractivity contribution in [2.75, 3.05) is 18.6 Å². The highest BCUT2D eigenvalue weighted by Gasteiger charge is 1.95. The van der Waals surface area contributed by atoms with Crippen molar-refractivity contribution >= 4 is 5.69 Å². The van der Waals surface area contributed by atoms with E-state index in [0.717, 1.165) is 5.69 Å². The van der Waals surface area contributed by atoms with Gasteiger partial charge in [0.2, 0.25) is 0 Å². The lowest BCUT2D eigenvalue weighted by molar-refractivity contribution is 0.923. The van der Waals surface area contributed by atoms with E-state index in [4.69, 9.17) is 5.53 Å². The summed E-state index contributed by atoms with van der Waals surface area (Å²) in [5.41, 5.74) is 9.14. The summed E-state index contributed by atoms with van der Waals surface area (Å²) < 4.78 is 0. The Morgan fingerprint density at radius 1 is 1.42 bits per heavy atom. The second-order valence-corrected chi connectivity index (χ2v) is 2.41. The van der Waals surface area contributed by atoms with Crippen molar-refractivity contribution in [2.45, 2.75) is 0 Å². The van der Waals surface area contributed by atoms with Crippen molar-refractivity contribution in [3.63, 3.8) is 0 Å². The van der Waals surface area contributed by atoms with Gasteiger partial charge in [-0.2, -0.15) is 0 Å². The highest BCUT2D eigenvalue weighted by atomic mass is 15.3. The molecule has 1 rings (SSSR count). The number of hydrogen-bond donors (Lipinski definition) is 0. The smallest absolute Gasteiger partial charge is 0.0964 e. The Morgan fingerprint density at radius 3 is 2.67 bits per heavy atom. The fourth-order valence-corrected chi connectivity index (χ4v) is 0.887. The van der Waals surface area contributed by atoms with Gasteiger partial charge in [-0.05, 0) is 17.7 Å². The second kappa shape index (κ2) is 4.26. The van der Waals surface area contributed by atoms with Gasteiger partial charge in [0.15, 0.2) is 0 Å². The summed E-state index contributed by atoms with van der Waals surface area (Å²) in [5.74, 6) is 0. The lowest BCUT2D eigenvalue weighted by Gasteiger charge is -2.15. The number of para-hydroxylation sites is 1. The molecule has 0 amide bonds. The van der Waals surface area contributed by atoms with Gasteiger partial charge >= 0.3 is 0 Å². The van der Waals surface area contributed by atoms with Crippen LogP contribution in [0, 0.1) is 0 Å². The number of azide groups is 1. The van der Waals surface area contributed by atoms with Crippen LogP contribution in [0.2, 0.25) is 0 Å². The van der Waals surface area contributed by atoms with Crippen molar-refractivity contribution in [1.29, 1.82) is 0 Å². The maximum atomic E-state index is 8.09. The summed E-state index contributed by atoms with van der Waals surface area (Å²) in [4.78, 5) is 4.56. The summed E-state index contributed by atoms with van der Waals surface area (Å²) in [6.07, 6.45) is 0. The molecule has 0 aromatic heterocycles. The van der Waals surface area contributed by atoms with E-state index in [0.29, 0.717) is 6.67 Å². The zero-order chi connectivity index (χ0) is 8.81. The van der Waals surface area contributed by atoms with E-state index >= 15 is 0 Å². The van der Waals surface area contributed by atoms with Crippen molar-refractivity contribution in [1.82, 2.24) is 0 Å². The van der Waals surface area contributed by atoms with E-state index < -0.39 is 0 Å². The predicted molar refractivity (Wildman–Crippen MR) is 48.9 cm³/mol. The van der Waals surface area contributed by atoms with Crippen LogP contribution in [-0.4, -0.2) is 13.7 Å². The molecule has 4 nitrogen and oxygen atoms in total. The van der Waals surface area contributed by atoms with Gasteiger partial charge in [0.25, 0.3) is 0 Å². The maximum absolute atomic E-state index is 8.09. The molecule has 0 aliphatic heterocycles. The van der Waals surface area contributed by atoms with E-state index in [1.807, 2.05) is 42.3 Å². The van der Waals surface area contributed by atoms with Crippen molar-refractivity contribution in [3.8, 4) is 0 Å². The Labute approximate surface area is 71.1 Å². The second-order valence-electron chi connectivity index (χ2n) is 2.41. The zero-order valence-electron chi connectivity index (χ0n) is 6.88. The molecule has 0 N–H and O–H groups in total. The number of anilines is 1. The van der Waals surface area contributed by atoms with Crippen LogP contribution in [0.1, 0.15) is 0 Å². The fraction of sp³-hybridized carbons (Fsp3) is 0.250. The third-order valence-corrected chi connectivity index (χ3v) is 1.54. The molecule has 0 fully saturated rings. The third-order valence-electron chi connectivity index (χ3n) is 1.54. The first-order chi connectivity index (χ1) is 5.84. The average molecular weight is 162 g/mol. The SMILES string of the molecule is CN(CN=[N+]=[N-])c1ccccc1. The molecule has 62 valence electrons. The molecule has 0 unspecified atom stereocenters. The number of nitrogens with zero attached hydrogens (tertiary/aromatic N) is 4. The Balaban J connectivity index is 2.65. The Kier molecular flexibility index (Phi) is 2.99. The first-order valence-corrected chi connectivity index (χ1v) is 3.61. The summed E-state index contributed by atoms with van der Waals surface area (Å²) in [7, 11) is 1.88. The highest BCUT2D eigenvalue weighted by molar-refractivity contribution is 5.44. The average Bonchev–Trinajstić information content (AvgIpc) is 2.15. The van der Waals surface area contributed by atoms with Gasteiger partial charge in [0.05, 0.1) is 6.67 Å². The van der Waals surface area contributed by atoms with Crippen LogP contribution in [-0.2, 0) is 0 Å². The standard InChI is InChI=1S/C8H10N4/c1-12(7-10-11-9)8-5-3-2-4-6-8/h2-6H,7H2,1H3. The lowest BCUT2D eigenvalue weighted by Crippen LogP contribution is -2.15. The first kappa shape index (κ1) is 8.43. The van der Waals surface area contributed by atoms with Gasteiger partial charge in [0, 0.05) is 17.6 Å². The largest absolute Gasteiger partial charge is 0.369 e. The van der Waals surface area contributed by atoms with E-state index in [-0.39, 0.29) is 0 Å². The highest BCUT2D eigenvalue weighted by Crippen LogP contribution is 2.09. The molecule has 1 aromatic rings. The molecule has 0 aliphatic carbocycles. The molecule has 4 heteroatoms. The van der Waals surface area contributed by atoms with Crippen LogP contribution in [0.4, 0.5) is 5.69 Å². The minimum Gasteiger partial charge on any atom is -0.369 e. The summed E-state index contributed by atoms with van der Waals surface area (Å²) in [5, 5.41) is 3.45. The maximum Gasteiger partial charge on any atom is 0.0964 e. The molecular formula is C8H10N4. The number of benzene rings is 1. The topological polar surface area (TPSA) is 52.0 Å². The lowest BCUT2D eigenvalue weighted by atomic mass is 10.3. The van der Waals surface area contributed by atoms with E-state index in [1.165, 1.54) is 0 Å². The molecule has 0 heterocycles. The van der Waals surface area contributed by atoms with Crippen LogP contribution < -0.4 is 4.90 Å². The molecule has 0 bridgehead atoms. The van der Waals surface area contributed by atoms with E-state index in [2.05, 4.69) is 10.0 Å². The minimum absolute atomic E-state index is 0.362. The third kappa shape index (κ3) is 2.18. The van der Waals surface area contributed by atoms with Gasteiger partial charge in [-0.25, -0.2) is 0 Å². The first-order valence-electron chi connectivity index (χ1n) is 3.61. The van der Waals surface area contributed by atoms with Crippen molar-refractivity contribution < 1.29 is 0 Å². The van der Waals surface area contributed by atoms with Gasteiger partial charge in [-0.3, -0.25) is 0 Å². The number of rotatable bonds is 3. The summed E-state index contributed by atoms with van der Waals surface area (Å²) >= 11 is 0. The molecule has 1 aromatic carbocycles. The number of hydrogen-bond acceptors (Lipinski definition) is 2. The van der Waals surface area contributed by atoms with Gasteiger partial charge < -0.3 is 4.90 Å². The quantitative estimate of drug-likeness (QED) is 0.382. The molecule has 0 saturated heterocycles. The molecule has 0 aliphatic rings. The fourth-order valence-electron chi connectivity index (χ4n) is 0.887. The molecular weight excluding hydrogens is 152 g/mol. The zero-order valence-corrected chi connectivity index (χ0v) is 6.88. The van der Waals surface area contributed by atoms with Gasteiger partial charge in [-0.15, -0.1) is 0 Å². The van der Waals surface area contributed by atoms with Crippen LogP contribution >= 0.6 is 0 Å². The normalized spacial score (nSPS) is 8.75. The van der Waals surface area contributed by atoms with Gasteiger partial charge in [-0.1, -0.05) is 23.3 Å². The molecule has 12 heavy (non-hydrogen) atoms. The van der Waals surface area contributed by atoms with Crippen LogP contribution in [0.3, 0.4) is 0 Å². The monoisotopic (exact) mass is 162 g/mol. The summed E-state index contributed by atoms with van der Waals surface area (Å²) in [6.45, 7) is 0.362. The van der Waals surface area contributed by atoms with Crippen molar-refractivity contribution in [2.24, 2.45) is 5.11 Å². The Hall–Kier alpha value is -1.67. The van der Waals surface area contributed by atoms with Gasteiger partial charge in [0.1, 0.15) is 0 Å². The molecule has 0 atom stereocenters. The van der Waals surface area contributed by atoms with Crippen LogP contribution in [0.25, 0.3) is 10.4 Å². The van der Waals surface area contributed by atoms with E-state index in [1.54, 1.807) is 0 Å². The summed E-state index contributed by atoms with van der Waals surface area (Å²) in [6, 6.07) is 9.77. The minimum atomic E-state index is 0.362. The predicted octanol–water partition coefficient (Wildman–Crippen LogP) is 2.39. The van der Waals surface area contributed by atoms with Crippen LogP contribution in [0.15, 0.2) is 35.4 Å². The van der Waals surface area contributed by atoms with Crippen molar-refractivity contribution in [3.05, 3.63) is 40.8 Å². The molecule has 0 spiro atoms. The Bertz CT molecular complexity index is 276. The molecule has 0 saturated carbocycles. The Morgan fingerprint density at radius 2 is 2.08 bits per heavy atom. The van der Waals surface area contributed by atoms with E-state index in [9.17, 15) is 0 Å².